The molecule has 0 aliphatic heterocycles. The Morgan fingerprint density at radius 2 is 1.93 bits per heavy atom. The van der Waals surface area contributed by atoms with E-state index in [0.717, 1.165) is 25.7 Å². The fraction of sp³-hybridized carbons (Fsp3) is 0.600. The number of amides is 1. The molecule has 0 aliphatic rings. The van der Waals surface area contributed by atoms with E-state index >= 15 is 0 Å². The molecule has 4 nitrogen and oxygen atoms in total. The average Bonchev–Trinajstić information content (AvgIpc) is 2.11. The molecule has 0 fully saturated rings. The van der Waals surface area contributed by atoms with Crippen molar-refractivity contribution in [1.82, 2.24) is 0 Å². The van der Waals surface area contributed by atoms with Gasteiger partial charge in [0, 0.05) is 5.57 Å². The van der Waals surface area contributed by atoms with Crippen molar-refractivity contribution in [2.24, 2.45) is 5.73 Å². The molecule has 0 unspecified atom stereocenters. The van der Waals surface area contributed by atoms with Gasteiger partial charge in [-0.05, 0) is 19.8 Å². The molecule has 0 atom stereocenters. The normalized spacial score (nSPS) is 10.4. The summed E-state index contributed by atoms with van der Waals surface area (Å²) >= 11 is 0. The third-order valence-corrected chi connectivity index (χ3v) is 1.77. The summed E-state index contributed by atoms with van der Waals surface area (Å²) in [5, 5.41) is 0. The van der Waals surface area contributed by atoms with E-state index in [1.807, 2.05) is 0 Å². The van der Waals surface area contributed by atoms with E-state index in [2.05, 4.69) is 11.7 Å². The first-order chi connectivity index (χ1) is 6.57. The van der Waals surface area contributed by atoms with Gasteiger partial charge >= 0.3 is 41.6 Å². The van der Waals surface area contributed by atoms with E-state index in [4.69, 9.17) is 5.73 Å². The van der Waals surface area contributed by atoms with Gasteiger partial charge < -0.3 is 10.5 Å². The van der Waals surface area contributed by atoms with Crippen LogP contribution in [0.1, 0.15) is 39.5 Å². The summed E-state index contributed by atoms with van der Waals surface area (Å²) in [6.45, 7) is 3.72. The molecule has 82 valence electrons. The van der Waals surface area contributed by atoms with Crippen molar-refractivity contribution in [2.75, 3.05) is 0 Å². The van der Waals surface area contributed by atoms with Gasteiger partial charge in [-0.2, -0.15) is 0 Å². The maximum atomic E-state index is 11.0. The minimum absolute atomic E-state index is 0. The number of ether oxygens (including phenoxy) is 1. The van der Waals surface area contributed by atoms with Crippen LogP contribution in [0.15, 0.2) is 11.6 Å². The van der Waals surface area contributed by atoms with Gasteiger partial charge in [0.25, 0.3) is 0 Å². The summed E-state index contributed by atoms with van der Waals surface area (Å²) in [4.78, 5) is 21.3. The molecule has 15 heavy (non-hydrogen) atoms. The van der Waals surface area contributed by atoms with E-state index in [0.29, 0.717) is 5.57 Å². The molecule has 0 spiro atoms. The van der Waals surface area contributed by atoms with Crippen molar-refractivity contribution >= 4 is 41.6 Å². The Labute approximate surface area is 113 Å². The van der Waals surface area contributed by atoms with Gasteiger partial charge in [-0.1, -0.05) is 25.8 Å². The van der Waals surface area contributed by atoms with Crippen molar-refractivity contribution in [3.05, 3.63) is 11.6 Å². The summed E-state index contributed by atoms with van der Waals surface area (Å²) in [5.74, 6) is -0.658. The van der Waals surface area contributed by atoms with E-state index in [-0.39, 0.29) is 29.6 Å². The number of hydrogen-bond acceptors (Lipinski definition) is 3. The van der Waals surface area contributed by atoms with Gasteiger partial charge in [-0.3, -0.25) is 0 Å². The molecule has 0 aliphatic carbocycles. The Morgan fingerprint density at radius 1 is 1.33 bits per heavy atom. The Bertz CT molecular complexity index is 239. The van der Waals surface area contributed by atoms with Crippen LogP contribution in [0.3, 0.4) is 0 Å². The van der Waals surface area contributed by atoms with Crippen LogP contribution in [0.2, 0.25) is 0 Å². The number of esters is 1. The number of carbonyl (C=O) groups is 2. The van der Waals surface area contributed by atoms with Crippen LogP contribution in [-0.4, -0.2) is 41.6 Å². The minimum atomic E-state index is -1.06. The number of rotatable bonds is 5. The summed E-state index contributed by atoms with van der Waals surface area (Å²) < 4.78 is 4.20. The number of primary amides is 1. The molecule has 2 N–H and O–H groups in total. The van der Waals surface area contributed by atoms with Crippen molar-refractivity contribution in [3.63, 3.8) is 0 Å². The van der Waals surface area contributed by atoms with Crippen LogP contribution in [0.5, 0.6) is 0 Å². The summed E-state index contributed by atoms with van der Waals surface area (Å²) in [6.07, 6.45) is 4.84. The fourth-order valence-electron chi connectivity index (χ4n) is 0.968. The van der Waals surface area contributed by atoms with Crippen molar-refractivity contribution in [1.29, 1.82) is 0 Å². The number of allylic oxidation sites excluding steroid dienone is 1. The maximum absolute atomic E-state index is 11.0. The molecule has 0 radical (unpaired) electrons. The van der Waals surface area contributed by atoms with Gasteiger partial charge in [-0.15, -0.1) is 0 Å². The molecular formula is C10H18NNaO3. The van der Waals surface area contributed by atoms with E-state index in [1.54, 1.807) is 13.0 Å². The molecule has 0 aromatic carbocycles. The topological polar surface area (TPSA) is 69.4 Å². The molecule has 0 aromatic heterocycles. The van der Waals surface area contributed by atoms with E-state index in [9.17, 15) is 9.59 Å². The molecule has 0 rings (SSSR count). The van der Waals surface area contributed by atoms with Gasteiger partial charge in [0.1, 0.15) is 0 Å². The predicted octanol–water partition coefficient (Wildman–Crippen LogP) is 1.49. The van der Waals surface area contributed by atoms with Crippen LogP contribution < -0.4 is 5.73 Å². The quantitative estimate of drug-likeness (QED) is 0.252. The molecule has 0 saturated heterocycles. The van der Waals surface area contributed by atoms with E-state index in [1.165, 1.54) is 0 Å². The third-order valence-electron chi connectivity index (χ3n) is 1.77. The first kappa shape index (κ1) is 17.1. The Kier molecular flexibility index (Phi) is 11.6. The molecule has 0 saturated carbocycles. The standard InChI is InChI=1S/C10H17NO3.Na.H/c1-3-4-5-6-7-8(2)9(12)14-10(11)13;;/h7H,3-6H2,1-2H3,(H2,11,13);;. The van der Waals surface area contributed by atoms with Crippen molar-refractivity contribution in [3.8, 4) is 0 Å². The van der Waals surface area contributed by atoms with Gasteiger partial charge in [-0.25, -0.2) is 9.59 Å². The Balaban J connectivity index is 0. The second kappa shape index (κ2) is 10.2. The van der Waals surface area contributed by atoms with Crippen molar-refractivity contribution < 1.29 is 14.3 Å². The van der Waals surface area contributed by atoms with Gasteiger partial charge in [0.2, 0.25) is 0 Å². The van der Waals surface area contributed by atoms with E-state index < -0.39 is 12.1 Å². The molecule has 0 aromatic rings. The summed E-state index contributed by atoms with van der Waals surface area (Å²) in [7, 11) is 0. The van der Waals surface area contributed by atoms with Crippen molar-refractivity contribution in [2.45, 2.75) is 39.5 Å². The first-order valence-corrected chi connectivity index (χ1v) is 4.76. The zero-order valence-electron chi connectivity index (χ0n) is 8.71. The number of unbranched alkanes of at least 4 members (excludes halogenated alkanes) is 3. The number of carbonyl (C=O) groups excluding carboxylic acids is 2. The van der Waals surface area contributed by atoms with Gasteiger partial charge in [0.15, 0.2) is 0 Å². The number of hydrogen-bond donors (Lipinski definition) is 1. The zero-order chi connectivity index (χ0) is 11.0. The fourth-order valence-corrected chi connectivity index (χ4v) is 0.968. The van der Waals surface area contributed by atoms with Crippen LogP contribution in [0.4, 0.5) is 4.79 Å². The summed E-state index contributed by atoms with van der Waals surface area (Å²) in [5.41, 5.74) is 5.13. The average molecular weight is 223 g/mol. The SMILES string of the molecule is CCCCCC=C(C)C(=O)OC(N)=O.[NaH]. The third kappa shape index (κ3) is 9.97. The monoisotopic (exact) mass is 223 g/mol. The second-order valence-corrected chi connectivity index (χ2v) is 3.09. The van der Waals surface area contributed by atoms with Crippen LogP contribution in [0.25, 0.3) is 0 Å². The zero-order valence-corrected chi connectivity index (χ0v) is 8.71. The molecule has 0 heterocycles. The van der Waals surface area contributed by atoms with Crippen LogP contribution in [-0.2, 0) is 9.53 Å². The molecule has 5 heteroatoms. The molecule has 1 amide bonds. The Morgan fingerprint density at radius 3 is 2.40 bits per heavy atom. The second-order valence-electron chi connectivity index (χ2n) is 3.09. The summed E-state index contributed by atoms with van der Waals surface area (Å²) in [6, 6.07) is 0. The molecular weight excluding hydrogens is 205 g/mol. The number of nitrogens with two attached hydrogens (primary N) is 1. The predicted molar refractivity (Wildman–Crippen MR) is 60.7 cm³/mol. The van der Waals surface area contributed by atoms with Crippen LogP contribution >= 0.6 is 0 Å². The van der Waals surface area contributed by atoms with Crippen LogP contribution in [0, 0.1) is 0 Å². The Hall–Kier alpha value is -0.320. The first-order valence-electron chi connectivity index (χ1n) is 4.76. The molecule has 0 bridgehead atoms. The van der Waals surface area contributed by atoms with Gasteiger partial charge in [0.05, 0.1) is 0 Å².